The Bertz CT molecular complexity index is 1200. The molecule has 2 N–H and O–H groups in total. The van der Waals surface area contributed by atoms with E-state index in [4.69, 9.17) is 14.7 Å². The standard InChI is InChI=1S/C21H18N6O3S/c22-26-20(14-6-2-1-3-7-14)23-24-21(26)31-13-19(28)27-16(18-9-5-11-30-18)12-15(25-27)17-8-4-10-29-17/h1-11,16H,12-13,22H2. The Hall–Kier alpha value is -3.79. The Morgan fingerprint density at radius 1 is 1.06 bits per heavy atom. The predicted octanol–water partition coefficient (Wildman–Crippen LogP) is 3.31. The van der Waals surface area contributed by atoms with Crippen LogP contribution in [0.25, 0.3) is 11.4 Å². The number of aromatic nitrogens is 3. The molecule has 1 aromatic carbocycles. The van der Waals surface area contributed by atoms with Crippen LogP contribution in [0.15, 0.2) is 86.2 Å². The van der Waals surface area contributed by atoms with Crippen LogP contribution >= 0.6 is 11.8 Å². The molecule has 0 spiro atoms. The highest BCUT2D eigenvalue weighted by Crippen LogP contribution is 2.34. The van der Waals surface area contributed by atoms with Gasteiger partial charge < -0.3 is 14.7 Å². The number of amides is 1. The maximum Gasteiger partial charge on any atom is 0.253 e. The number of benzene rings is 1. The first-order chi connectivity index (χ1) is 15.2. The number of carbonyl (C=O) groups excluding carboxylic acids is 1. The first-order valence-electron chi connectivity index (χ1n) is 9.56. The fraction of sp³-hybridized carbons (Fsp3) is 0.143. The molecule has 1 aliphatic heterocycles. The Morgan fingerprint density at radius 2 is 1.87 bits per heavy atom. The summed E-state index contributed by atoms with van der Waals surface area (Å²) >= 11 is 1.21. The lowest BCUT2D eigenvalue weighted by Gasteiger charge is -2.19. The van der Waals surface area contributed by atoms with Gasteiger partial charge in [-0.3, -0.25) is 4.79 Å². The normalized spacial score (nSPS) is 15.9. The van der Waals surface area contributed by atoms with E-state index in [1.165, 1.54) is 21.4 Å². The van der Waals surface area contributed by atoms with Crippen LogP contribution in [0.3, 0.4) is 0 Å². The van der Waals surface area contributed by atoms with Crippen LogP contribution < -0.4 is 5.84 Å². The van der Waals surface area contributed by atoms with Gasteiger partial charge in [-0.2, -0.15) is 5.10 Å². The molecule has 4 aromatic rings. The first-order valence-corrected chi connectivity index (χ1v) is 10.5. The molecule has 0 bridgehead atoms. The summed E-state index contributed by atoms with van der Waals surface area (Å²) in [6, 6.07) is 16.4. The Labute approximate surface area is 181 Å². The van der Waals surface area contributed by atoms with Crippen molar-refractivity contribution in [3.8, 4) is 11.4 Å². The van der Waals surface area contributed by atoms with E-state index in [9.17, 15) is 4.79 Å². The third-order valence-corrected chi connectivity index (χ3v) is 5.79. The van der Waals surface area contributed by atoms with Crippen LogP contribution in [0, 0.1) is 0 Å². The van der Waals surface area contributed by atoms with Gasteiger partial charge in [0.25, 0.3) is 5.91 Å². The Kier molecular flexibility index (Phi) is 5.04. The summed E-state index contributed by atoms with van der Waals surface area (Å²) in [4.78, 5) is 13.1. The van der Waals surface area contributed by atoms with E-state index in [0.29, 0.717) is 34.6 Å². The molecular weight excluding hydrogens is 416 g/mol. The van der Waals surface area contributed by atoms with Crippen molar-refractivity contribution in [1.82, 2.24) is 19.9 Å². The van der Waals surface area contributed by atoms with Crippen molar-refractivity contribution in [2.24, 2.45) is 5.10 Å². The van der Waals surface area contributed by atoms with Crippen molar-refractivity contribution >= 4 is 23.4 Å². The molecule has 1 unspecified atom stereocenters. The van der Waals surface area contributed by atoms with Crippen molar-refractivity contribution in [3.63, 3.8) is 0 Å². The number of hydrogen-bond donors (Lipinski definition) is 1. The highest BCUT2D eigenvalue weighted by atomic mass is 32.2. The highest BCUT2D eigenvalue weighted by Gasteiger charge is 2.35. The van der Waals surface area contributed by atoms with Gasteiger partial charge in [0.1, 0.15) is 23.3 Å². The number of nitrogen functional groups attached to an aromatic ring is 1. The largest absolute Gasteiger partial charge is 0.467 e. The lowest BCUT2D eigenvalue weighted by Crippen LogP contribution is -2.28. The van der Waals surface area contributed by atoms with Crippen molar-refractivity contribution in [2.45, 2.75) is 17.6 Å². The second-order valence-electron chi connectivity index (χ2n) is 6.83. The number of rotatable bonds is 6. The van der Waals surface area contributed by atoms with Crippen LogP contribution in [-0.2, 0) is 4.79 Å². The molecule has 156 valence electrons. The molecule has 0 saturated heterocycles. The summed E-state index contributed by atoms with van der Waals surface area (Å²) in [5.74, 6) is 7.88. The van der Waals surface area contributed by atoms with E-state index >= 15 is 0 Å². The van der Waals surface area contributed by atoms with Gasteiger partial charge in [0, 0.05) is 12.0 Å². The maximum atomic E-state index is 13.1. The van der Waals surface area contributed by atoms with E-state index in [1.807, 2.05) is 42.5 Å². The van der Waals surface area contributed by atoms with E-state index in [-0.39, 0.29) is 17.7 Å². The third-order valence-electron chi connectivity index (χ3n) is 4.86. The number of thioether (sulfide) groups is 1. The fourth-order valence-corrected chi connectivity index (χ4v) is 4.10. The van der Waals surface area contributed by atoms with E-state index in [2.05, 4.69) is 15.3 Å². The van der Waals surface area contributed by atoms with E-state index in [1.54, 1.807) is 24.7 Å². The quantitative estimate of drug-likeness (QED) is 0.365. The summed E-state index contributed by atoms with van der Waals surface area (Å²) in [6.45, 7) is 0. The highest BCUT2D eigenvalue weighted by molar-refractivity contribution is 7.99. The average Bonchev–Trinajstić information content (AvgIpc) is 3.59. The van der Waals surface area contributed by atoms with Crippen LogP contribution in [0.2, 0.25) is 0 Å². The number of furan rings is 2. The average molecular weight is 434 g/mol. The minimum Gasteiger partial charge on any atom is -0.467 e. The van der Waals surface area contributed by atoms with Crippen LogP contribution in [-0.4, -0.2) is 37.3 Å². The van der Waals surface area contributed by atoms with Gasteiger partial charge in [-0.1, -0.05) is 42.1 Å². The molecule has 4 heterocycles. The van der Waals surface area contributed by atoms with Gasteiger partial charge in [-0.25, -0.2) is 9.69 Å². The topological polar surface area (TPSA) is 116 Å². The number of nitrogens with zero attached hydrogens (tertiary/aromatic N) is 5. The summed E-state index contributed by atoms with van der Waals surface area (Å²) in [5, 5.41) is 14.7. The Balaban J connectivity index is 1.34. The summed E-state index contributed by atoms with van der Waals surface area (Å²) in [6.07, 6.45) is 3.67. The van der Waals surface area contributed by atoms with Crippen molar-refractivity contribution in [1.29, 1.82) is 0 Å². The zero-order valence-corrected chi connectivity index (χ0v) is 17.1. The van der Waals surface area contributed by atoms with Gasteiger partial charge in [0.15, 0.2) is 5.82 Å². The molecule has 1 amide bonds. The lowest BCUT2D eigenvalue weighted by atomic mass is 10.1. The monoisotopic (exact) mass is 434 g/mol. The first kappa shape index (κ1) is 19.2. The summed E-state index contributed by atoms with van der Waals surface area (Å²) in [7, 11) is 0. The van der Waals surface area contributed by atoms with Gasteiger partial charge in [-0.05, 0) is 24.3 Å². The van der Waals surface area contributed by atoms with Crippen molar-refractivity contribution < 1.29 is 13.6 Å². The molecule has 3 aromatic heterocycles. The van der Waals surface area contributed by atoms with Crippen LogP contribution in [0.5, 0.6) is 0 Å². The summed E-state index contributed by atoms with van der Waals surface area (Å²) < 4.78 is 12.4. The number of carbonyl (C=O) groups is 1. The second kappa shape index (κ2) is 8.15. The SMILES string of the molecule is Nn1c(SCC(=O)N2N=C(c3ccco3)CC2c2ccco2)nnc1-c1ccccc1. The van der Waals surface area contributed by atoms with Crippen LogP contribution in [0.4, 0.5) is 0 Å². The molecule has 5 rings (SSSR count). The minimum atomic E-state index is -0.334. The minimum absolute atomic E-state index is 0.0935. The van der Waals surface area contributed by atoms with Gasteiger partial charge in [0.2, 0.25) is 5.16 Å². The van der Waals surface area contributed by atoms with Gasteiger partial charge in [-0.15, -0.1) is 10.2 Å². The Morgan fingerprint density at radius 3 is 2.61 bits per heavy atom. The molecule has 31 heavy (non-hydrogen) atoms. The van der Waals surface area contributed by atoms with E-state index < -0.39 is 0 Å². The lowest BCUT2D eigenvalue weighted by molar-refractivity contribution is -0.130. The molecule has 1 aliphatic rings. The van der Waals surface area contributed by atoms with E-state index in [0.717, 1.165) is 5.56 Å². The van der Waals surface area contributed by atoms with Crippen LogP contribution in [0.1, 0.15) is 24.0 Å². The zero-order chi connectivity index (χ0) is 21.2. The predicted molar refractivity (Wildman–Crippen MR) is 114 cm³/mol. The fourth-order valence-electron chi connectivity index (χ4n) is 3.39. The maximum absolute atomic E-state index is 13.1. The third kappa shape index (κ3) is 3.73. The number of nitrogens with two attached hydrogens (primary N) is 1. The molecular formula is C21H18N6O3S. The van der Waals surface area contributed by atoms with Crippen molar-refractivity contribution in [2.75, 3.05) is 11.6 Å². The molecule has 9 nitrogen and oxygen atoms in total. The number of hydrazone groups is 1. The van der Waals surface area contributed by atoms with Crippen molar-refractivity contribution in [3.05, 3.63) is 78.6 Å². The second-order valence-corrected chi connectivity index (χ2v) is 7.77. The van der Waals surface area contributed by atoms with Gasteiger partial charge >= 0.3 is 0 Å². The zero-order valence-electron chi connectivity index (χ0n) is 16.3. The molecule has 0 aliphatic carbocycles. The van der Waals surface area contributed by atoms with Gasteiger partial charge in [0.05, 0.1) is 18.3 Å². The molecule has 0 radical (unpaired) electrons. The smallest absolute Gasteiger partial charge is 0.253 e. The number of hydrogen-bond acceptors (Lipinski definition) is 8. The molecule has 0 saturated carbocycles. The molecule has 1 atom stereocenters. The molecule has 0 fully saturated rings. The summed E-state index contributed by atoms with van der Waals surface area (Å²) in [5.41, 5.74) is 1.54. The molecule has 10 heteroatoms.